The molecule has 1 unspecified atom stereocenters. The van der Waals surface area contributed by atoms with Crippen LogP contribution in [0.15, 0.2) is 22.7 Å². The molecule has 102 valence electrons. The van der Waals surface area contributed by atoms with E-state index in [2.05, 4.69) is 21.2 Å². The van der Waals surface area contributed by atoms with Crippen LogP contribution in [0.3, 0.4) is 0 Å². The number of ether oxygens (including phenoxy) is 2. The molecular formula is C13H19BrFNO2. The highest BCUT2D eigenvalue weighted by Crippen LogP contribution is 2.23. The van der Waals surface area contributed by atoms with E-state index in [0.717, 1.165) is 4.47 Å². The van der Waals surface area contributed by atoms with Crippen LogP contribution in [0.25, 0.3) is 0 Å². The SMILES string of the molecule is COCC(CNC(C)C)Oc1cc(Br)ccc1F. The normalized spacial score (nSPS) is 12.8. The van der Waals surface area contributed by atoms with Gasteiger partial charge in [0.1, 0.15) is 6.10 Å². The summed E-state index contributed by atoms with van der Waals surface area (Å²) < 4.78 is 25.1. The number of rotatable bonds is 7. The summed E-state index contributed by atoms with van der Waals surface area (Å²) in [6.07, 6.45) is -0.221. The van der Waals surface area contributed by atoms with E-state index in [1.54, 1.807) is 19.2 Å². The molecule has 0 aromatic heterocycles. The van der Waals surface area contributed by atoms with Crippen molar-refractivity contribution in [3.8, 4) is 5.75 Å². The van der Waals surface area contributed by atoms with Gasteiger partial charge in [-0.25, -0.2) is 4.39 Å². The summed E-state index contributed by atoms with van der Waals surface area (Å²) in [4.78, 5) is 0. The van der Waals surface area contributed by atoms with Crippen LogP contribution in [0.2, 0.25) is 0 Å². The Morgan fingerprint density at radius 2 is 2.11 bits per heavy atom. The van der Waals surface area contributed by atoms with E-state index in [-0.39, 0.29) is 17.7 Å². The Hall–Kier alpha value is -0.650. The van der Waals surface area contributed by atoms with Crippen molar-refractivity contribution in [2.24, 2.45) is 0 Å². The van der Waals surface area contributed by atoms with Crippen molar-refractivity contribution in [2.75, 3.05) is 20.3 Å². The smallest absolute Gasteiger partial charge is 0.165 e. The van der Waals surface area contributed by atoms with E-state index in [4.69, 9.17) is 9.47 Å². The van der Waals surface area contributed by atoms with Crippen LogP contribution in [0.1, 0.15) is 13.8 Å². The standard InChI is InChI=1S/C13H19BrFNO2/c1-9(2)16-7-11(8-17-3)18-13-6-10(14)4-5-12(13)15/h4-6,9,11,16H,7-8H2,1-3H3. The van der Waals surface area contributed by atoms with Gasteiger partial charge in [0, 0.05) is 24.2 Å². The van der Waals surface area contributed by atoms with Crippen molar-refractivity contribution in [3.05, 3.63) is 28.5 Å². The lowest BCUT2D eigenvalue weighted by atomic mass is 10.3. The van der Waals surface area contributed by atoms with Gasteiger partial charge in [0.15, 0.2) is 11.6 Å². The number of hydrogen-bond donors (Lipinski definition) is 1. The molecule has 1 atom stereocenters. The van der Waals surface area contributed by atoms with Crippen LogP contribution in [0.5, 0.6) is 5.75 Å². The fourth-order valence-electron chi connectivity index (χ4n) is 1.43. The second-order valence-electron chi connectivity index (χ2n) is 4.33. The lowest BCUT2D eigenvalue weighted by molar-refractivity contribution is 0.0767. The fourth-order valence-corrected chi connectivity index (χ4v) is 1.77. The summed E-state index contributed by atoms with van der Waals surface area (Å²) in [7, 11) is 1.60. The summed E-state index contributed by atoms with van der Waals surface area (Å²) in [6.45, 7) is 5.11. The van der Waals surface area contributed by atoms with Crippen LogP contribution < -0.4 is 10.1 Å². The van der Waals surface area contributed by atoms with Gasteiger partial charge in [-0.3, -0.25) is 0 Å². The van der Waals surface area contributed by atoms with Crippen molar-refractivity contribution >= 4 is 15.9 Å². The summed E-state index contributed by atoms with van der Waals surface area (Å²) in [5, 5.41) is 3.25. The van der Waals surface area contributed by atoms with Gasteiger partial charge in [-0.1, -0.05) is 29.8 Å². The van der Waals surface area contributed by atoms with E-state index in [9.17, 15) is 4.39 Å². The first kappa shape index (κ1) is 15.4. The Labute approximate surface area is 116 Å². The quantitative estimate of drug-likeness (QED) is 0.838. The van der Waals surface area contributed by atoms with Gasteiger partial charge in [0.05, 0.1) is 6.61 Å². The Morgan fingerprint density at radius 1 is 1.39 bits per heavy atom. The van der Waals surface area contributed by atoms with Gasteiger partial charge in [-0.15, -0.1) is 0 Å². The third kappa shape index (κ3) is 5.33. The molecule has 1 aromatic rings. The van der Waals surface area contributed by atoms with E-state index >= 15 is 0 Å². The van der Waals surface area contributed by atoms with Gasteiger partial charge >= 0.3 is 0 Å². The molecule has 18 heavy (non-hydrogen) atoms. The summed E-state index contributed by atoms with van der Waals surface area (Å²) in [5.41, 5.74) is 0. The maximum atomic E-state index is 13.6. The molecule has 0 heterocycles. The minimum absolute atomic E-state index is 0.221. The molecule has 1 rings (SSSR count). The number of methoxy groups -OCH3 is 1. The van der Waals surface area contributed by atoms with Gasteiger partial charge in [-0.2, -0.15) is 0 Å². The number of halogens is 2. The molecule has 3 nitrogen and oxygen atoms in total. The zero-order valence-electron chi connectivity index (χ0n) is 10.9. The molecule has 0 saturated carbocycles. The lowest BCUT2D eigenvalue weighted by Crippen LogP contribution is -2.38. The number of benzene rings is 1. The molecule has 0 spiro atoms. The minimum Gasteiger partial charge on any atom is -0.484 e. The van der Waals surface area contributed by atoms with Crippen LogP contribution in [0, 0.1) is 5.82 Å². The van der Waals surface area contributed by atoms with E-state index in [0.29, 0.717) is 19.2 Å². The Morgan fingerprint density at radius 3 is 2.72 bits per heavy atom. The van der Waals surface area contributed by atoms with Gasteiger partial charge in [0.2, 0.25) is 0 Å². The summed E-state index contributed by atoms with van der Waals surface area (Å²) >= 11 is 3.29. The molecule has 0 aliphatic carbocycles. The lowest BCUT2D eigenvalue weighted by Gasteiger charge is -2.20. The van der Waals surface area contributed by atoms with E-state index in [1.165, 1.54) is 6.07 Å². The maximum Gasteiger partial charge on any atom is 0.165 e. The first-order valence-corrected chi connectivity index (χ1v) is 6.66. The first-order valence-electron chi connectivity index (χ1n) is 5.87. The molecule has 0 bridgehead atoms. The van der Waals surface area contributed by atoms with Gasteiger partial charge in [-0.05, 0) is 18.2 Å². The Kier molecular flexibility index (Phi) is 6.60. The third-order valence-corrected chi connectivity index (χ3v) is 2.79. The zero-order chi connectivity index (χ0) is 13.5. The maximum absolute atomic E-state index is 13.6. The fraction of sp³-hybridized carbons (Fsp3) is 0.538. The summed E-state index contributed by atoms with van der Waals surface area (Å²) in [5.74, 6) is -0.138. The van der Waals surface area contributed by atoms with Crippen LogP contribution >= 0.6 is 15.9 Å². The average Bonchev–Trinajstić information content (AvgIpc) is 2.31. The van der Waals surface area contributed by atoms with Gasteiger partial charge < -0.3 is 14.8 Å². The molecule has 0 fully saturated rings. The molecule has 5 heteroatoms. The Balaban J connectivity index is 2.66. The first-order chi connectivity index (χ1) is 8.52. The van der Waals surface area contributed by atoms with Crippen molar-refractivity contribution in [1.29, 1.82) is 0 Å². The predicted octanol–water partition coefficient (Wildman–Crippen LogP) is 2.98. The highest BCUT2D eigenvalue weighted by molar-refractivity contribution is 9.10. The molecule has 0 saturated heterocycles. The van der Waals surface area contributed by atoms with Crippen molar-refractivity contribution in [3.63, 3.8) is 0 Å². The predicted molar refractivity (Wildman–Crippen MR) is 73.5 cm³/mol. The molecule has 0 radical (unpaired) electrons. The molecule has 1 aromatic carbocycles. The van der Waals surface area contributed by atoms with Crippen LogP contribution in [-0.4, -0.2) is 32.4 Å². The van der Waals surface area contributed by atoms with Crippen LogP contribution in [-0.2, 0) is 4.74 Å². The number of hydrogen-bond acceptors (Lipinski definition) is 3. The molecule has 0 aliphatic heterocycles. The Bertz CT molecular complexity index is 374. The molecule has 1 N–H and O–H groups in total. The van der Waals surface area contributed by atoms with E-state index in [1.807, 2.05) is 13.8 Å². The highest BCUT2D eigenvalue weighted by Gasteiger charge is 2.14. The van der Waals surface area contributed by atoms with Crippen LogP contribution in [0.4, 0.5) is 4.39 Å². The van der Waals surface area contributed by atoms with Gasteiger partial charge in [0.25, 0.3) is 0 Å². The largest absolute Gasteiger partial charge is 0.484 e. The summed E-state index contributed by atoms with van der Waals surface area (Å²) in [6, 6.07) is 4.98. The topological polar surface area (TPSA) is 30.5 Å². The zero-order valence-corrected chi connectivity index (χ0v) is 12.5. The van der Waals surface area contributed by atoms with Crippen molar-refractivity contribution in [2.45, 2.75) is 26.0 Å². The second kappa shape index (κ2) is 7.71. The molecule has 0 amide bonds. The molecular weight excluding hydrogens is 301 g/mol. The number of nitrogens with one attached hydrogen (secondary N) is 1. The average molecular weight is 320 g/mol. The van der Waals surface area contributed by atoms with E-state index < -0.39 is 0 Å². The monoisotopic (exact) mass is 319 g/mol. The third-order valence-electron chi connectivity index (χ3n) is 2.29. The molecule has 0 aliphatic rings. The van der Waals surface area contributed by atoms with Crippen molar-refractivity contribution < 1.29 is 13.9 Å². The second-order valence-corrected chi connectivity index (χ2v) is 5.25. The minimum atomic E-state index is -0.371. The van der Waals surface area contributed by atoms with Crippen molar-refractivity contribution in [1.82, 2.24) is 5.32 Å². The highest BCUT2D eigenvalue weighted by atomic mass is 79.9.